The molecule has 0 unspecified atom stereocenters. The summed E-state index contributed by atoms with van der Waals surface area (Å²) in [5.74, 6) is -0.703. The number of hydrogen-bond acceptors (Lipinski definition) is 2. The van der Waals surface area contributed by atoms with E-state index in [0.717, 1.165) is 19.3 Å². The van der Waals surface area contributed by atoms with Crippen molar-refractivity contribution >= 4 is 18.6 Å². The smallest absolute Gasteiger partial charge is 0.303 e. The molecule has 0 fully saturated rings. The Bertz CT molecular complexity index is 126. The predicted octanol–water partition coefficient (Wildman–Crippen LogP) is 2.73. The molecule has 0 aliphatic rings. The number of thiol groups is 1. The van der Waals surface area contributed by atoms with E-state index in [1.54, 1.807) is 0 Å². The van der Waals surface area contributed by atoms with Crippen LogP contribution < -0.4 is 0 Å². The molecular weight excluding hydrogens is 172 g/mol. The lowest BCUT2D eigenvalue weighted by atomic mass is 10.1. The second kappa shape index (κ2) is 7.47. The van der Waals surface area contributed by atoms with E-state index in [1.165, 1.54) is 12.8 Å². The molecule has 0 aromatic rings. The van der Waals surface area contributed by atoms with Gasteiger partial charge in [-0.05, 0) is 19.3 Å². The molecule has 12 heavy (non-hydrogen) atoms. The topological polar surface area (TPSA) is 37.3 Å². The molecule has 0 radical (unpaired) electrons. The molecule has 0 rings (SSSR count). The number of hydrogen-bond donors (Lipinski definition) is 2. The highest BCUT2D eigenvalue weighted by Crippen LogP contribution is 2.13. The van der Waals surface area contributed by atoms with Gasteiger partial charge in [0.15, 0.2) is 0 Å². The highest BCUT2D eigenvalue weighted by molar-refractivity contribution is 7.80. The molecule has 0 spiro atoms. The quantitative estimate of drug-likeness (QED) is 0.606. The highest BCUT2D eigenvalue weighted by Gasteiger charge is 2.03. The minimum absolute atomic E-state index is 0.281. The lowest BCUT2D eigenvalue weighted by molar-refractivity contribution is -0.137. The first-order chi connectivity index (χ1) is 5.66. The average Bonchev–Trinajstić information content (AvgIpc) is 2.00. The zero-order valence-corrected chi connectivity index (χ0v) is 8.52. The Balaban J connectivity index is 3.19. The molecule has 72 valence electrons. The Morgan fingerprint density at radius 3 is 2.50 bits per heavy atom. The minimum atomic E-state index is -0.703. The van der Waals surface area contributed by atoms with Crippen LogP contribution in [-0.4, -0.2) is 16.3 Å². The molecule has 0 heterocycles. The Morgan fingerprint density at radius 1 is 1.42 bits per heavy atom. The molecule has 0 aromatic heterocycles. The van der Waals surface area contributed by atoms with Crippen LogP contribution in [0.25, 0.3) is 0 Å². The van der Waals surface area contributed by atoms with Crippen LogP contribution in [-0.2, 0) is 4.79 Å². The number of rotatable bonds is 7. The lowest BCUT2D eigenvalue weighted by Crippen LogP contribution is -2.01. The summed E-state index contributed by atoms with van der Waals surface area (Å²) in [5.41, 5.74) is 0. The molecule has 0 saturated carbocycles. The molecule has 0 aliphatic heterocycles. The largest absolute Gasteiger partial charge is 0.481 e. The van der Waals surface area contributed by atoms with Crippen molar-refractivity contribution in [2.24, 2.45) is 0 Å². The molecule has 0 amide bonds. The Morgan fingerprint density at radius 2 is 2.00 bits per heavy atom. The SMILES string of the molecule is CCCC[C@H](S)CCCC(=O)O. The predicted molar refractivity (Wildman–Crippen MR) is 53.8 cm³/mol. The zero-order valence-electron chi connectivity index (χ0n) is 7.62. The van der Waals surface area contributed by atoms with Crippen molar-refractivity contribution in [1.82, 2.24) is 0 Å². The van der Waals surface area contributed by atoms with Gasteiger partial charge in [0, 0.05) is 11.7 Å². The fraction of sp³-hybridized carbons (Fsp3) is 0.889. The Kier molecular flexibility index (Phi) is 7.36. The van der Waals surface area contributed by atoms with Crippen LogP contribution in [0.3, 0.4) is 0 Å². The van der Waals surface area contributed by atoms with Crippen molar-refractivity contribution in [1.29, 1.82) is 0 Å². The van der Waals surface area contributed by atoms with Crippen LogP contribution in [0.4, 0.5) is 0 Å². The van der Waals surface area contributed by atoms with Crippen LogP contribution >= 0.6 is 12.6 Å². The van der Waals surface area contributed by atoms with Gasteiger partial charge in [-0.3, -0.25) is 4.79 Å². The van der Waals surface area contributed by atoms with Gasteiger partial charge < -0.3 is 5.11 Å². The van der Waals surface area contributed by atoms with Crippen LogP contribution in [0.15, 0.2) is 0 Å². The number of unbranched alkanes of at least 4 members (excludes halogenated alkanes) is 1. The first-order valence-electron chi connectivity index (χ1n) is 4.56. The van der Waals surface area contributed by atoms with Crippen molar-refractivity contribution in [2.75, 3.05) is 0 Å². The molecular formula is C9H18O2S. The zero-order chi connectivity index (χ0) is 9.40. The van der Waals surface area contributed by atoms with Crippen LogP contribution in [0.2, 0.25) is 0 Å². The van der Waals surface area contributed by atoms with E-state index in [9.17, 15) is 4.79 Å². The van der Waals surface area contributed by atoms with E-state index in [4.69, 9.17) is 5.11 Å². The van der Waals surface area contributed by atoms with Crippen molar-refractivity contribution in [3.05, 3.63) is 0 Å². The van der Waals surface area contributed by atoms with Crippen LogP contribution in [0, 0.1) is 0 Å². The highest BCUT2D eigenvalue weighted by atomic mass is 32.1. The first kappa shape index (κ1) is 11.8. The third kappa shape index (κ3) is 7.92. The maximum atomic E-state index is 10.2. The normalized spacial score (nSPS) is 12.8. The average molecular weight is 190 g/mol. The Labute approximate surface area is 79.8 Å². The van der Waals surface area contributed by atoms with Crippen LogP contribution in [0.1, 0.15) is 45.4 Å². The van der Waals surface area contributed by atoms with Crippen LogP contribution in [0.5, 0.6) is 0 Å². The molecule has 0 aromatic carbocycles. The van der Waals surface area contributed by atoms with Gasteiger partial charge in [0.05, 0.1) is 0 Å². The van der Waals surface area contributed by atoms with E-state index in [0.29, 0.717) is 5.25 Å². The number of aliphatic carboxylic acids is 1. The Hall–Kier alpha value is -0.180. The molecule has 3 heteroatoms. The fourth-order valence-electron chi connectivity index (χ4n) is 1.07. The molecule has 0 aliphatic carbocycles. The third-order valence-electron chi connectivity index (χ3n) is 1.82. The van der Waals surface area contributed by atoms with Gasteiger partial charge in [-0.25, -0.2) is 0 Å². The standard InChI is InChI=1S/C9H18O2S/c1-2-3-5-8(12)6-4-7-9(10)11/h8,12H,2-7H2,1H3,(H,10,11)/t8-/m0/s1. The third-order valence-corrected chi connectivity index (χ3v) is 2.34. The monoisotopic (exact) mass is 190 g/mol. The summed E-state index contributed by atoms with van der Waals surface area (Å²) < 4.78 is 0. The van der Waals surface area contributed by atoms with Crippen molar-refractivity contribution < 1.29 is 9.90 Å². The molecule has 1 atom stereocenters. The van der Waals surface area contributed by atoms with Gasteiger partial charge in [-0.2, -0.15) is 12.6 Å². The molecule has 0 bridgehead atoms. The number of carboxylic acid groups (broad SMARTS) is 1. The fourth-order valence-corrected chi connectivity index (χ4v) is 1.44. The van der Waals surface area contributed by atoms with Crippen molar-refractivity contribution in [3.63, 3.8) is 0 Å². The summed E-state index contributed by atoms with van der Waals surface area (Å²) in [6.45, 7) is 2.15. The summed E-state index contributed by atoms with van der Waals surface area (Å²) in [6.07, 6.45) is 5.46. The van der Waals surface area contributed by atoms with E-state index in [1.807, 2.05) is 0 Å². The van der Waals surface area contributed by atoms with Gasteiger partial charge in [0.25, 0.3) is 0 Å². The number of carboxylic acids is 1. The first-order valence-corrected chi connectivity index (χ1v) is 5.08. The molecule has 1 N–H and O–H groups in total. The summed E-state index contributed by atoms with van der Waals surface area (Å²) in [6, 6.07) is 0. The van der Waals surface area contributed by atoms with Crippen molar-refractivity contribution in [3.8, 4) is 0 Å². The van der Waals surface area contributed by atoms with Gasteiger partial charge in [-0.1, -0.05) is 19.8 Å². The van der Waals surface area contributed by atoms with Crippen molar-refractivity contribution in [2.45, 2.75) is 50.7 Å². The van der Waals surface area contributed by atoms with E-state index >= 15 is 0 Å². The number of carbonyl (C=O) groups is 1. The molecule has 0 saturated heterocycles. The summed E-state index contributed by atoms with van der Waals surface area (Å²) in [5, 5.41) is 8.77. The summed E-state index contributed by atoms with van der Waals surface area (Å²) in [4.78, 5) is 10.2. The second-order valence-corrected chi connectivity index (χ2v) is 3.81. The van der Waals surface area contributed by atoms with E-state index in [2.05, 4.69) is 19.6 Å². The van der Waals surface area contributed by atoms with Gasteiger partial charge >= 0.3 is 5.97 Å². The van der Waals surface area contributed by atoms with E-state index < -0.39 is 5.97 Å². The van der Waals surface area contributed by atoms with Gasteiger partial charge in [0.2, 0.25) is 0 Å². The summed E-state index contributed by atoms with van der Waals surface area (Å²) >= 11 is 4.37. The van der Waals surface area contributed by atoms with Gasteiger partial charge in [0.1, 0.15) is 0 Å². The molecule has 2 nitrogen and oxygen atoms in total. The second-order valence-electron chi connectivity index (χ2n) is 3.08. The maximum absolute atomic E-state index is 10.2. The summed E-state index contributed by atoms with van der Waals surface area (Å²) in [7, 11) is 0. The lowest BCUT2D eigenvalue weighted by Gasteiger charge is -2.07. The minimum Gasteiger partial charge on any atom is -0.481 e. The van der Waals surface area contributed by atoms with Gasteiger partial charge in [-0.15, -0.1) is 0 Å². The van der Waals surface area contributed by atoms with E-state index in [-0.39, 0.29) is 6.42 Å². The maximum Gasteiger partial charge on any atom is 0.303 e.